The topological polar surface area (TPSA) is 110 Å². The van der Waals surface area contributed by atoms with Crippen molar-refractivity contribution < 1.29 is 9.59 Å². The van der Waals surface area contributed by atoms with Crippen molar-refractivity contribution in [2.24, 2.45) is 0 Å². The van der Waals surface area contributed by atoms with E-state index < -0.39 is 5.91 Å². The van der Waals surface area contributed by atoms with Crippen LogP contribution in [0.5, 0.6) is 0 Å². The van der Waals surface area contributed by atoms with Crippen LogP contribution in [0.4, 0.5) is 11.5 Å². The minimum Gasteiger partial charge on any atom is -0.382 e. The number of nitrogens with zero attached hydrogens (tertiary/aromatic N) is 2. The van der Waals surface area contributed by atoms with Gasteiger partial charge in [0.2, 0.25) is 5.91 Å². The van der Waals surface area contributed by atoms with Gasteiger partial charge < -0.3 is 16.4 Å². The van der Waals surface area contributed by atoms with Crippen LogP contribution in [0.15, 0.2) is 35.1 Å². The van der Waals surface area contributed by atoms with Crippen LogP contribution in [-0.4, -0.2) is 28.3 Å². The summed E-state index contributed by atoms with van der Waals surface area (Å²) in [6.07, 6.45) is 2.74. The highest BCUT2D eigenvalue weighted by Gasteiger charge is 2.13. The molecule has 1 heterocycles. The predicted molar refractivity (Wildman–Crippen MR) is 86.3 cm³/mol. The Bertz CT molecular complexity index is 720. The highest BCUT2D eigenvalue weighted by Crippen LogP contribution is 2.19. The molecule has 1 aromatic heterocycles. The van der Waals surface area contributed by atoms with E-state index in [0.717, 1.165) is 10.0 Å². The highest BCUT2D eigenvalue weighted by molar-refractivity contribution is 9.10. The molecular weight excluding hydrogens is 350 g/mol. The van der Waals surface area contributed by atoms with E-state index in [1.165, 1.54) is 12.4 Å². The second-order valence-corrected chi connectivity index (χ2v) is 5.40. The molecule has 2 amide bonds. The summed E-state index contributed by atoms with van der Waals surface area (Å²) in [6.45, 7) is 1.68. The summed E-state index contributed by atoms with van der Waals surface area (Å²) in [5.41, 5.74) is 7.13. The van der Waals surface area contributed by atoms with Gasteiger partial charge in [0.05, 0.1) is 6.54 Å². The number of aryl methyl sites for hydroxylation is 1. The van der Waals surface area contributed by atoms with Gasteiger partial charge in [0.25, 0.3) is 5.91 Å². The normalized spacial score (nSPS) is 10.1. The van der Waals surface area contributed by atoms with E-state index in [0.29, 0.717) is 5.69 Å². The Morgan fingerprint density at radius 2 is 2.00 bits per heavy atom. The number of carbonyl (C=O) groups is 2. The Morgan fingerprint density at radius 3 is 2.68 bits per heavy atom. The van der Waals surface area contributed by atoms with Crippen molar-refractivity contribution in [3.8, 4) is 0 Å². The molecule has 2 aromatic rings. The van der Waals surface area contributed by atoms with Gasteiger partial charge >= 0.3 is 0 Å². The van der Waals surface area contributed by atoms with Crippen molar-refractivity contribution in [3.63, 3.8) is 0 Å². The number of nitrogen functional groups attached to an aromatic ring is 1. The van der Waals surface area contributed by atoms with Crippen LogP contribution < -0.4 is 16.4 Å². The van der Waals surface area contributed by atoms with Crippen molar-refractivity contribution in [2.75, 3.05) is 17.6 Å². The number of amides is 2. The third kappa shape index (κ3) is 4.01. The van der Waals surface area contributed by atoms with Crippen molar-refractivity contribution in [3.05, 3.63) is 46.3 Å². The van der Waals surface area contributed by atoms with Gasteiger partial charge in [0.15, 0.2) is 11.5 Å². The van der Waals surface area contributed by atoms with E-state index in [9.17, 15) is 9.59 Å². The molecular formula is C14H14BrN5O2. The van der Waals surface area contributed by atoms with Crippen molar-refractivity contribution >= 4 is 39.2 Å². The first-order valence-electron chi connectivity index (χ1n) is 6.38. The number of halogens is 1. The number of nitrogens with two attached hydrogens (primary N) is 1. The van der Waals surface area contributed by atoms with Crippen LogP contribution in [0.3, 0.4) is 0 Å². The molecule has 0 atom stereocenters. The van der Waals surface area contributed by atoms with Crippen LogP contribution in [0, 0.1) is 6.92 Å². The second-order valence-electron chi connectivity index (χ2n) is 4.48. The van der Waals surface area contributed by atoms with Gasteiger partial charge in [-0.05, 0) is 30.7 Å². The zero-order valence-electron chi connectivity index (χ0n) is 11.8. The summed E-state index contributed by atoms with van der Waals surface area (Å²) in [4.78, 5) is 31.3. The third-order valence-electron chi connectivity index (χ3n) is 2.81. The quantitative estimate of drug-likeness (QED) is 0.762. The molecule has 22 heavy (non-hydrogen) atoms. The van der Waals surface area contributed by atoms with Crippen LogP contribution in [-0.2, 0) is 4.79 Å². The Morgan fingerprint density at radius 1 is 1.27 bits per heavy atom. The van der Waals surface area contributed by atoms with E-state index in [4.69, 9.17) is 5.73 Å². The fraction of sp³-hybridized carbons (Fsp3) is 0.143. The SMILES string of the molecule is Cc1cc(Br)ccc1NC(=O)CNC(=O)c1nccnc1N. The summed E-state index contributed by atoms with van der Waals surface area (Å²) in [7, 11) is 0. The molecule has 8 heteroatoms. The Hall–Kier alpha value is -2.48. The molecule has 0 fully saturated rings. The molecule has 7 nitrogen and oxygen atoms in total. The summed E-state index contributed by atoms with van der Waals surface area (Å²) in [5.74, 6) is -0.876. The minimum atomic E-state index is -0.548. The maximum atomic E-state index is 11.9. The summed E-state index contributed by atoms with van der Waals surface area (Å²) in [6, 6.07) is 5.48. The van der Waals surface area contributed by atoms with Gasteiger partial charge in [0.1, 0.15) is 0 Å². The van der Waals surface area contributed by atoms with Gasteiger partial charge in [-0.25, -0.2) is 9.97 Å². The number of nitrogens with one attached hydrogen (secondary N) is 2. The molecule has 0 aliphatic rings. The maximum Gasteiger partial charge on any atom is 0.274 e. The number of carbonyl (C=O) groups excluding carboxylic acids is 2. The largest absolute Gasteiger partial charge is 0.382 e. The second kappa shape index (κ2) is 6.99. The molecule has 0 radical (unpaired) electrons. The summed E-state index contributed by atoms with van der Waals surface area (Å²) < 4.78 is 0.925. The van der Waals surface area contributed by atoms with Gasteiger partial charge in [-0.3, -0.25) is 9.59 Å². The smallest absolute Gasteiger partial charge is 0.274 e. The molecule has 2 rings (SSSR count). The van der Waals surface area contributed by atoms with Crippen LogP contribution in [0.1, 0.15) is 16.1 Å². The zero-order chi connectivity index (χ0) is 16.1. The molecule has 0 unspecified atom stereocenters. The Labute approximate surface area is 135 Å². The van der Waals surface area contributed by atoms with Gasteiger partial charge in [0, 0.05) is 22.6 Å². The van der Waals surface area contributed by atoms with E-state index in [1.54, 1.807) is 6.07 Å². The van der Waals surface area contributed by atoms with Crippen molar-refractivity contribution in [2.45, 2.75) is 6.92 Å². The maximum absolute atomic E-state index is 11.9. The Balaban J connectivity index is 1.93. The zero-order valence-corrected chi connectivity index (χ0v) is 13.3. The van der Waals surface area contributed by atoms with Crippen LogP contribution >= 0.6 is 15.9 Å². The lowest BCUT2D eigenvalue weighted by atomic mass is 10.2. The van der Waals surface area contributed by atoms with Gasteiger partial charge in [-0.1, -0.05) is 15.9 Å². The first kappa shape index (κ1) is 15.9. The molecule has 114 valence electrons. The number of rotatable bonds is 4. The molecule has 1 aromatic carbocycles. The average molecular weight is 364 g/mol. The van der Waals surface area contributed by atoms with Crippen molar-refractivity contribution in [1.82, 2.24) is 15.3 Å². The lowest BCUT2D eigenvalue weighted by Gasteiger charge is -2.09. The molecule has 0 aliphatic heterocycles. The number of aromatic nitrogens is 2. The highest BCUT2D eigenvalue weighted by atomic mass is 79.9. The third-order valence-corrected chi connectivity index (χ3v) is 3.31. The lowest BCUT2D eigenvalue weighted by molar-refractivity contribution is -0.115. The molecule has 0 spiro atoms. The van der Waals surface area contributed by atoms with E-state index in [1.807, 2.05) is 19.1 Å². The molecule has 0 bridgehead atoms. The van der Waals surface area contributed by atoms with E-state index >= 15 is 0 Å². The number of benzene rings is 1. The fourth-order valence-corrected chi connectivity index (χ4v) is 2.21. The summed E-state index contributed by atoms with van der Waals surface area (Å²) >= 11 is 3.35. The standard InChI is InChI=1S/C14H14BrN5O2/c1-8-6-9(15)2-3-10(8)20-11(21)7-19-14(22)12-13(16)18-5-4-17-12/h2-6H,7H2,1H3,(H2,16,18)(H,19,22)(H,20,21). The van der Waals surface area contributed by atoms with Gasteiger partial charge in [-0.15, -0.1) is 0 Å². The van der Waals surface area contributed by atoms with Gasteiger partial charge in [-0.2, -0.15) is 0 Å². The molecule has 0 saturated carbocycles. The van der Waals surface area contributed by atoms with E-state index in [-0.39, 0.29) is 24.0 Å². The number of hydrogen-bond acceptors (Lipinski definition) is 5. The minimum absolute atomic E-state index is 0.00452. The fourth-order valence-electron chi connectivity index (χ4n) is 1.73. The Kier molecular flexibility index (Phi) is 5.05. The van der Waals surface area contributed by atoms with E-state index in [2.05, 4.69) is 36.5 Å². The lowest BCUT2D eigenvalue weighted by Crippen LogP contribution is -2.34. The average Bonchev–Trinajstić information content (AvgIpc) is 2.48. The number of hydrogen-bond donors (Lipinski definition) is 3. The summed E-state index contributed by atoms with van der Waals surface area (Å²) in [5, 5.41) is 5.16. The monoisotopic (exact) mass is 363 g/mol. The first-order valence-corrected chi connectivity index (χ1v) is 7.17. The molecule has 0 aliphatic carbocycles. The molecule has 0 saturated heterocycles. The first-order chi connectivity index (χ1) is 10.5. The molecule has 4 N–H and O–H groups in total. The predicted octanol–water partition coefficient (Wildman–Crippen LogP) is 1.50. The van der Waals surface area contributed by atoms with Crippen molar-refractivity contribution in [1.29, 1.82) is 0 Å². The van der Waals surface area contributed by atoms with Crippen LogP contribution in [0.2, 0.25) is 0 Å². The van der Waals surface area contributed by atoms with Crippen LogP contribution in [0.25, 0.3) is 0 Å². The number of anilines is 2.